The van der Waals surface area contributed by atoms with Crippen molar-refractivity contribution < 1.29 is 8.42 Å². The Labute approximate surface area is 125 Å². The summed E-state index contributed by atoms with van der Waals surface area (Å²) >= 11 is 9.18. The fourth-order valence-electron chi connectivity index (χ4n) is 1.49. The highest BCUT2D eigenvalue weighted by Crippen LogP contribution is 2.26. The number of rotatable bonds is 3. The molecule has 2 rings (SSSR count). The van der Waals surface area contributed by atoms with Gasteiger partial charge in [-0.3, -0.25) is 4.72 Å². The molecule has 0 aromatic heterocycles. The molecule has 2 aromatic carbocycles. The second kappa shape index (κ2) is 5.53. The predicted molar refractivity (Wildman–Crippen MR) is 81.1 cm³/mol. The van der Waals surface area contributed by atoms with E-state index in [1.807, 2.05) is 6.92 Å². The van der Waals surface area contributed by atoms with Crippen LogP contribution in [-0.4, -0.2) is 8.42 Å². The molecule has 0 saturated carbocycles. The number of sulfonamides is 1. The summed E-state index contributed by atoms with van der Waals surface area (Å²) < 4.78 is 27.5. The first-order chi connectivity index (χ1) is 8.88. The first kappa shape index (κ1) is 14.4. The van der Waals surface area contributed by atoms with Crippen molar-refractivity contribution in [2.45, 2.75) is 11.8 Å². The molecule has 2 aromatic rings. The van der Waals surface area contributed by atoms with Crippen molar-refractivity contribution in [1.82, 2.24) is 0 Å². The summed E-state index contributed by atoms with van der Waals surface area (Å²) in [5.41, 5.74) is 1.43. The molecule has 0 spiro atoms. The number of nitrogens with one attached hydrogen (secondary N) is 1. The summed E-state index contributed by atoms with van der Waals surface area (Å²) in [7, 11) is -3.58. The van der Waals surface area contributed by atoms with Gasteiger partial charge in [0.15, 0.2) is 0 Å². The van der Waals surface area contributed by atoms with E-state index in [4.69, 9.17) is 11.6 Å². The predicted octanol–water partition coefficient (Wildman–Crippen LogP) is 4.21. The van der Waals surface area contributed by atoms with E-state index in [0.29, 0.717) is 15.2 Å². The topological polar surface area (TPSA) is 46.2 Å². The Morgan fingerprint density at radius 2 is 1.74 bits per heavy atom. The zero-order valence-electron chi connectivity index (χ0n) is 10.0. The van der Waals surface area contributed by atoms with Crippen molar-refractivity contribution in [2.75, 3.05) is 4.72 Å². The average Bonchev–Trinajstić information content (AvgIpc) is 2.34. The summed E-state index contributed by atoms with van der Waals surface area (Å²) in [6.07, 6.45) is 0. The molecule has 0 atom stereocenters. The van der Waals surface area contributed by atoms with Crippen LogP contribution in [0, 0.1) is 6.92 Å². The van der Waals surface area contributed by atoms with E-state index < -0.39 is 10.0 Å². The molecule has 100 valence electrons. The first-order valence-electron chi connectivity index (χ1n) is 5.43. The highest BCUT2D eigenvalue weighted by Gasteiger charge is 2.14. The van der Waals surface area contributed by atoms with E-state index in [-0.39, 0.29) is 4.90 Å². The molecule has 6 heteroatoms. The van der Waals surface area contributed by atoms with Gasteiger partial charge in [-0.15, -0.1) is 0 Å². The molecule has 0 radical (unpaired) electrons. The van der Waals surface area contributed by atoms with Gasteiger partial charge in [-0.25, -0.2) is 8.42 Å². The van der Waals surface area contributed by atoms with E-state index in [0.717, 1.165) is 5.56 Å². The maximum Gasteiger partial charge on any atom is 0.261 e. The van der Waals surface area contributed by atoms with Gasteiger partial charge >= 0.3 is 0 Å². The van der Waals surface area contributed by atoms with Crippen LogP contribution in [0.5, 0.6) is 0 Å². The van der Waals surface area contributed by atoms with Gasteiger partial charge in [0.05, 0.1) is 15.6 Å². The lowest BCUT2D eigenvalue weighted by molar-refractivity contribution is 0.601. The van der Waals surface area contributed by atoms with E-state index in [2.05, 4.69) is 20.7 Å². The molecule has 0 bridgehead atoms. The van der Waals surface area contributed by atoms with Crippen molar-refractivity contribution >= 4 is 43.2 Å². The Balaban J connectivity index is 2.30. The highest BCUT2D eigenvalue weighted by molar-refractivity contribution is 9.10. The van der Waals surface area contributed by atoms with E-state index >= 15 is 0 Å². The smallest absolute Gasteiger partial charge is 0.261 e. The van der Waals surface area contributed by atoms with Crippen molar-refractivity contribution in [3.8, 4) is 0 Å². The molecule has 0 fully saturated rings. The Morgan fingerprint density at radius 1 is 1.11 bits per heavy atom. The van der Waals surface area contributed by atoms with E-state index in [9.17, 15) is 8.42 Å². The number of hydrogen-bond acceptors (Lipinski definition) is 2. The van der Waals surface area contributed by atoms with E-state index in [1.54, 1.807) is 42.5 Å². The standard InChI is InChI=1S/C13H11BrClNO2S/c1-9-2-5-11(6-3-9)19(17,18)16-10-4-7-12(14)13(15)8-10/h2-8,16H,1H3. The Kier molecular flexibility index (Phi) is 4.18. The lowest BCUT2D eigenvalue weighted by Crippen LogP contribution is -2.12. The molecular formula is C13H11BrClNO2S. The number of halogens is 2. The Morgan fingerprint density at radius 3 is 2.32 bits per heavy atom. The minimum Gasteiger partial charge on any atom is -0.280 e. The van der Waals surface area contributed by atoms with Crippen LogP contribution in [0.2, 0.25) is 5.02 Å². The van der Waals surface area contributed by atoms with Gasteiger partial charge in [-0.1, -0.05) is 29.3 Å². The third kappa shape index (κ3) is 3.49. The number of anilines is 1. The van der Waals surface area contributed by atoms with Crippen LogP contribution in [0.25, 0.3) is 0 Å². The third-order valence-electron chi connectivity index (χ3n) is 2.50. The van der Waals surface area contributed by atoms with Crippen LogP contribution in [0.1, 0.15) is 5.56 Å². The van der Waals surface area contributed by atoms with Crippen LogP contribution < -0.4 is 4.72 Å². The maximum atomic E-state index is 12.1. The molecule has 3 nitrogen and oxygen atoms in total. The van der Waals surface area contributed by atoms with Crippen LogP contribution >= 0.6 is 27.5 Å². The molecule has 0 amide bonds. The largest absolute Gasteiger partial charge is 0.280 e. The van der Waals surface area contributed by atoms with Gasteiger partial charge in [0.1, 0.15) is 0 Å². The van der Waals surface area contributed by atoms with Crippen LogP contribution in [-0.2, 0) is 10.0 Å². The summed E-state index contributed by atoms with van der Waals surface area (Å²) in [5, 5.41) is 0.448. The maximum absolute atomic E-state index is 12.1. The molecule has 0 heterocycles. The van der Waals surface area contributed by atoms with Crippen molar-refractivity contribution in [3.63, 3.8) is 0 Å². The summed E-state index contributed by atoms with van der Waals surface area (Å²) in [5.74, 6) is 0. The molecule has 0 aliphatic carbocycles. The minimum atomic E-state index is -3.58. The molecule has 0 saturated heterocycles. The summed E-state index contributed by atoms with van der Waals surface area (Å²) in [4.78, 5) is 0.220. The fraction of sp³-hybridized carbons (Fsp3) is 0.0769. The lowest BCUT2D eigenvalue weighted by Gasteiger charge is -2.09. The normalized spacial score (nSPS) is 11.3. The monoisotopic (exact) mass is 359 g/mol. The zero-order valence-corrected chi connectivity index (χ0v) is 13.2. The molecule has 19 heavy (non-hydrogen) atoms. The molecule has 0 aliphatic rings. The van der Waals surface area contributed by atoms with Gasteiger partial charge < -0.3 is 0 Å². The van der Waals surface area contributed by atoms with Crippen molar-refractivity contribution in [2.24, 2.45) is 0 Å². The second-order valence-electron chi connectivity index (χ2n) is 4.05. The SMILES string of the molecule is Cc1ccc(S(=O)(=O)Nc2ccc(Br)c(Cl)c2)cc1. The van der Waals surface area contributed by atoms with Gasteiger partial charge in [0, 0.05) is 4.47 Å². The van der Waals surface area contributed by atoms with Crippen LogP contribution in [0.4, 0.5) is 5.69 Å². The van der Waals surface area contributed by atoms with Gasteiger partial charge in [-0.05, 0) is 53.2 Å². The first-order valence-corrected chi connectivity index (χ1v) is 8.08. The Hall–Kier alpha value is -1.04. The minimum absolute atomic E-state index is 0.220. The highest BCUT2D eigenvalue weighted by atomic mass is 79.9. The summed E-state index contributed by atoms with van der Waals surface area (Å²) in [6.45, 7) is 1.90. The summed E-state index contributed by atoms with van der Waals surface area (Å²) in [6, 6.07) is 11.5. The number of aryl methyl sites for hydroxylation is 1. The second-order valence-corrected chi connectivity index (χ2v) is 6.99. The molecule has 0 unspecified atom stereocenters. The quantitative estimate of drug-likeness (QED) is 0.891. The number of benzene rings is 2. The molecule has 1 N–H and O–H groups in total. The fourth-order valence-corrected chi connectivity index (χ4v) is 2.97. The van der Waals surface area contributed by atoms with Gasteiger partial charge in [0.25, 0.3) is 10.0 Å². The Bertz CT molecular complexity index is 699. The van der Waals surface area contributed by atoms with Gasteiger partial charge in [-0.2, -0.15) is 0 Å². The average molecular weight is 361 g/mol. The third-order valence-corrected chi connectivity index (χ3v) is 5.13. The van der Waals surface area contributed by atoms with Crippen LogP contribution in [0.3, 0.4) is 0 Å². The molecular weight excluding hydrogens is 350 g/mol. The zero-order chi connectivity index (χ0) is 14.0. The van der Waals surface area contributed by atoms with Crippen LogP contribution in [0.15, 0.2) is 51.8 Å². The van der Waals surface area contributed by atoms with Gasteiger partial charge in [0.2, 0.25) is 0 Å². The molecule has 0 aliphatic heterocycles. The lowest BCUT2D eigenvalue weighted by atomic mass is 10.2. The van der Waals surface area contributed by atoms with Crippen molar-refractivity contribution in [3.05, 3.63) is 57.5 Å². The number of hydrogen-bond donors (Lipinski definition) is 1. The van der Waals surface area contributed by atoms with E-state index in [1.165, 1.54) is 0 Å². The van der Waals surface area contributed by atoms with Crippen molar-refractivity contribution in [1.29, 1.82) is 0 Å².